The number of rotatable bonds is 3. The highest BCUT2D eigenvalue weighted by Crippen LogP contribution is 2.34. The molecule has 0 aliphatic carbocycles. The fraction of sp³-hybridized carbons (Fsp3) is 0.450. The second-order valence-electron chi connectivity index (χ2n) is 7.37. The zero-order chi connectivity index (χ0) is 18.7. The predicted octanol–water partition coefficient (Wildman–Crippen LogP) is 4.86. The summed E-state index contributed by atoms with van der Waals surface area (Å²) in [5.41, 5.74) is -0.184. The average Bonchev–Trinajstić information content (AvgIpc) is 3.08. The first kappa shape index (κ1) is 18.3. The third-order valence-electron chi connectivity index (χ3n) is 4.13. The summed E-state index contributed by atoms with van der Waals surface area (Å²) in [6.07, 6.45) is 2.42. The molecule has 1 saturated heterocycles. The number of amides is 1. The number of benzene rings is 1. The lowest BCUT2D eigenvalue weighted by Crippen LogP contribution is -2.44. The van der Waals surface area contributed by atoms with Crippen LogP contribution in [0.1, 0.15) is 33.6 Å². The van der Waals surface area contributed by atoms with Crippen LogP contribution < -0.4 is 4.74 Å². The maximum Gasteiger partial charge on any atom is 0.410 e. The number of carbonyl (C=O) groups is 1. The number of piperidine rings is 1. The molecule has 1 aliphatic rings. The molecule has 1 fully saturated rings. The molecule has 0 atom stereocenters. The van der Waals surface area contributed by atoms with Crippen LogP contribution in [0.3, 0.4) is 0 Å². The Hall–Kier alpha value is -2.50. The number of likely N-dealkylation sites (tertiary alicyclic amines) is 1. The lowest BCUT2D eigenvalue weighted by atomic mass is 10.1. The second-order valence-corrected chi connectivity index (χ2v) is 7.37. The monoisotopic (exact) mass is 361 g/mol. The number of furan rings is 1. The topological polar surface area (TPSA) is 51.9 Å². The van der Waals surface area contributed by atoms with E-state index in [0.29, 0.717) is 43.0 Å². The summed E-state index contributed by atoms with van der Waals surface area (Å²) in [6.45, 7) is 6.64. The largest absolute Gasteiger partial charge is 0.489 e. The van der Waals surface area contributed by atoms with Gasteiger partial charge in [0, 0.05) is 25.9 Å². The molecule has 0 bridgehead atoms. The summed E-state index contributed by atoms with van der Waals surface area (Å²) in [6, 6.07) is 8.16. The number of halogens is 1. The summed E-state index contributed by atoms with van der Waals surface area (Å²) in [5, 5.41) is 0. The van der Waals surface area contributed by atoms with E-state index in [4.69, 9.17) is 13.9 Å². The SMILES string of the molecule is CC(C)(C)OC(=O)N1CCC(Oc2cccc(F)c2-c2ccco2)CC1. The Morgan fingerprint density at radius 2 is 1.92 bits per heavy atom. The molecule has 1 aromatic heterocycles. The summed E-state index contributed by atoms with van der Waals surface area (Å²) in [4.78, 5) is 13.8. The predicted molar refractivity (Wildman–Crippen MR) is 95.6 cm³/mol. The fourth-order valence-corrected chi connectivity index (χ4v) is 2.92. The first-order valence-electron chi connectivity index (χ1n) is 8.80. The minimum absolute atomic E-state index is 0.0933. The van der Waals surface area contributed by atoms with E-state index < -0.39 is 5.60 Å². The van der Waals surface area contributed by atoms with Crippen LogP contribution in [0.4, 0.5) is 9.18 Å². The molecule has 1 aliphatic heterocycles. The van der Waals surface area contributed by atoms with Crippen LogP contribution in [0.5, 0.6) is 5.75 Å². The van der Waals surface area contributed by atoms with E-state index >= 15 is 0 Å². The van der Waals surface area contributed by atoms with Crippen molar-refractivity contribution in [3.8, 4) is 17.1 Å². The van der Waals surface area contributed by atoms with Gasteiger partial charge in [0.25, 0.3) is 0 Å². The molecule has 0 saturated carbocycles. The van der Waals surface area contributed by atoms with E-state index in [1.54, 1.807) is 29.2 Å². The van der Waals surface area contributed by atoms with Crippen molar-refractivity contribution in [1.29, 1.82) is 0 Å². The minimum atomic E-state index is -0.510. The first-order valence-corrected chi connectivity index (χ1v) is 8.80. The summed E-state index contributed by atoms with van der Waals surface area (Å²) in [7, 11) is 0. The van der Waals surface area contributed by atoms with Gasteiger partial charge in [-0.2, -0.15) is 0 Å². The molecule has 0 spiro atoms. The quantitative estimate of drug-likeness (QED) is 0.783. The van der Waals surface area contributed by atoms with Gasteiger partial charge in [0.15, 0.2) is 0 Å². The highest BCUT2D eigenvalue weighted by molar-refractivity contribution is 5.68. The molecule has 0 N–H and O–H groups in total. The molecular weight excluding hydrogens is 337 g/mol. The van der Waals surface area contributed by atoms with Crippen molar-refractivity contribution < 1.29 is 23.1 Å². The van der Waals surface area contributed by atoms with E-state index in [1.165, 1.54) is 12.3 Å². The number of ether oxygens (including phenoxy) is 2. The van der Waals surface area contributed by atoms with Gasteiger partial charge in [-0.05, 0) is 45.0 Å². The Kier molecular flexibility index (Phi) is 5.20. The Morgan fingerprint density at radius 3 is 2.54 bits per heavy atom. The molecule has 1 aromatic carbocycles. The van der Waals surface area contributed by atoms with Gasteiger partial charge in [-0.3, -0.25) is 0 Å². The maximum atomic E-state index is 14.3. The van der Waals surface area contributed by atoms with Gasteiger partial charge < -0.3 is 18.8 Å². The van der Waals surface area contributed by atoms with Crippen molar-refractivity contribution in [3.63, 3.8) is 0 Å². The maximum absolute atomic E-state index is 14.3. The standard InChI is InChI=1S/C20H24FNO4/c1-20(2,3)26-19(23)22-11-9-14(10-12-22)25-17-7-4-6-15(21)18(17)16-8-5-13-24-16/h4-8,13-14H,9-12H2,1-3H3. The average molecular weight is 361 g/mol. The van der Waals surface area contributed by atoms with E-state index in [0.717, 1.165) is 0 Å². The third-order valence-corrected chi connectivity index (χ3v) is 4.13. The lowest BCUT2D eigenvalue weighted by molar-refractivity contribution is 0.0127. The zero-order valence-corrected chi connectivity index (χ0v) is 15.3. The first-order chi connectivity index (χ1) is 12.3. The number of carbonyl (C=O) groups excluding carboxylic acids is 1. The molecule has 2 aromatic rings. The molecule has 2 heterocycles. The Morgan fingerprint density at radius 1 is 1.19 bits per heavy atom. The summed E-state index contributed by atoms with van der Waals surface area (Å²) < 4.78 is 31.1. The van der Waals surface area contributed by atoms with E-state index in [-0.39, 0.29) is 18.0 Å². The molecule has 140 valence electrons. The van der Waals surface area contributed by atoms with Crippen LogP contribution in [-0.2, 0) is 4.74 Å². The summed E-state index contributed by atoms with van der Waals surface area (Å²) >= 11 is 0. The zero-order valence-electron chi connectivity index (χ0n) is 15.3. The second kappa shape index (κ2) is 7.40. The smallest absolute Gasteiger partial charge is 0.410 e. The van der Waals surface area contributed by atoms with Crippen LogP contribution in [0.15, 0.2) is 41.0 Å². The van der Waals surface area contributed by atoms with Crippen molar-refractivity contribution in [2.75, 3.05) is 13.1 Å². The van der Waals surface area contributed by atoms with Gasteiger partial charge in [-0.25, -0.2) is 9.18 Å². The van der Waals surface area contributed by atoms with Crippen molar-refractivity contribution in [2.24, 2.45) is 0 Å². The van der Waals surface area contributed by atoms with Crippen LogP contribution in [0.25, 0.3) is 11.3 Å². The van der Waals surface area contributed by atoms with Crippen LogP contribution in [0, 0.1) is 5.82 Å². The Balaban J connectivity index is 1.64. The number of nitrogens with zero attached hydrogens (tertiary/aromatic N) is 1. The van der Waals surface area contributed by atoms with Crippen molar-refractivity contribution in [3.05, 3.63) is 42.4 Å². The summed E-state index contributed by atoms with van der Waals surface area (Å²) in [5.74, 6) is 0.503. The molecule has 6 heteroatoms. The van der Waals surface area contributed by atoms with Crippen molar-refractivity contribution >= 4 is 6.09 Å². The van der Waals surface area contributed by atoms with Crippen molar-refractivity contribution in [1.82, 2.24) is 4.90 Å². The van der Waals surface area contributed by atoms with E-state index in [9.17, 15) is 9.18 Å². The molecular formula is C20H24FNO4. The molecule has 5 nitrogen and oxygen atoms in total. The Bertz CT molecular complexity index is 744. The Labute approximate surface area is 152 Å². The van der Waals surface area contributed by atoms with E-state index in [1.807, 2.05) is 20.8 Å². The van der Waals surface area contributed by atoms with Crippen LogP contribution in [-0.4, -0.2) is 35.8 Å². The van der Waals surface area contributed by atoms with E-state index in [2.05, 4.69) is 0 Å². The third kappa shape index (κ3) is 4.36. The number of hydrogen-bond acceptors (Lipinski definition) is 4. The van der Waals surface area contributed by atoms with Gasteiger partial charge in [-0.15, -0.1) is 0 Å². The van der Waals surface area contributed by atoms with Crippen LogP contribution >= 0.6 is 0 Å². The normalized spacial score (nSPS) is 15.8. The van der Waals surface area contributed by atoms with Gasteiger partial charge in [0.1, 0.15) is 29.0 Å². The molecule has 0 unspecified atom stereocenters. The van der Waals surface area contributed by atoms with Gasteiger partial charge in [0.05, 0.1) is 11.8 Å². The lowest BCUT2D eigenvalue weighted by Gasteiger charge is -2.33. The van der Waals surface area contributed by atoms with Crippen molar-refractivity contribution in [2.45, 2.75) is 45.3 Å². The van der Waals surface area contributed by atoms with Gasteiger partial charge in [-0.1, -0.05) is 6.07 Å². The molecule has 1 amide bonds. The molecule has 26 heavy (non-hydrogen) atoms. The van der Waals surface area contributed by atoms with Gasteiger partial charge >= 0.3 is 6.09 Å². The fourth-order valence-electron chi connectivity index (χ4n) is 2.92. The van der Waals surface area contributed by atoms with Crippen LogP contribution in [0.2, 0.25) is 0 Å². The highest BCUT2D eigenvalue weighted by atomic mass is 19.1. The highest BCUT2D eigenvalue weighted by Gasteiger charge is 2.28. The molecule has 0 radical (unpaired) electrons. The number of hydrogen-bond donors (Lipinski definition) is 0. The van der Waals surface area contributed by atoms with Gasteiger partial charge in [0.2, 0.25) is 0 Å². The minimum Gasteiger partial charge on any atom is -0.489 e. The molecule has 3 rings (SSSR count).